The van der Waals surface area contributed by atoms with E-state index < -0.39 is 18.1 Å². The smallest absolute Gasteiger partial charge is 0.361 e. The Morgan fingerprint density at radius 2 is 1.71 bits per heavy atom. The molecular weight excluding hydrogens is 573 g/mol. The summed E-state index contributed by atoms with van der Waals surface area (Å²) in [4.78, 5) is 13.9. The predicted molar refractivity (Wildman–Crippen MR) is 173 cm³/mol. The van der Waals surface area contributed by atoms with Gasteiger partial charge in [0.2, 0.25) is 5.91 Å². The van der Waals surface area contributed by atoms with E-state index in [1.54, 1.807) is 0 Å². The Balaban J connectivity index is 0.00000196. The Hall–Kier alpha value is -1.79. The number of carbonyl (C=O) groups excluding carboxylic acids is 1. The van der Waals surface area contributed by atoms with Gasteiger partial charge in [-0.05, 0) is 110 Å². The second-order valence-corrected chi connectivity index (χ2v) is 17.1. The predicted octanol–water partition coefficient (Wildman–Crippen LogP) is 10.2. The molecule has 1 N–H and O–H groups in total. The molecule has 4 nitrogen and oxygen atoms in total. The number of halogens is 3. The third kappa shape index (κ3) is 5.52. The molecule has 8 unspecified atom stereocenters. The Kier molecular flexibility index (Phi) is 9.00. The van der Waals surface area contributed by atoms with Crippen LogP contribution in [0.2, 0.25) is 0 Å². The van der Waals surface area contributed by atoms with Crippen LogP contribution in [0.3, 0.4) is 0 Å². The summed E-state index contributed by atoms with van der Waals surface area (Å²) in [6, 6.07) is 0. The molecule has 1 aromatic heterocycles. The van der Waals surface area contributed by atoms with Crippen LogP contribution in [0.25, 0.3) is 0 Å². The molecule has 5 aliphatic rings. The fourth-order valence-electron chi connectivity index (χ4n) is 12.0. The van der Waals surface area contributed by atoms with Crippen molar-refractivity contribution in [2.24, 2.45) is 51.2 Å². The SMILES string of the molecule is CC.CCC/C=C1\CC2C(C)(CCC3C(C)(C)c4oncc4CC32C)C2CCC3(C(=O)NCC(F)(F)F)CCC(C)(C)CC3C12. The molecule has 1 heterocycles. The van der Waals surface area contributed by atoms with Crippen LogP contribution >= 0.6 is 0 Å². The van der Waals surface area contributed by atoms with E-state index in [-0.39, 0.29) is 39.4 Å². The van der Waals surface area contributed by atoms with Crippen LogP contribution in [0, 0.1) is 51.2 Å². The first-order valence-corrected chi connectivity index (χ1v) is 18.0. The lowest BCUT2D eigenvalue weighted by atomic mass is 9.34. The number of hydrogen-bond donors (Lipinski definition) is 1. The van der Waals surface area contributed by atoms with E-state index in [9.17, 15) is 18.0 Å². The third-order valence-corrected chi connectivity index (χ3v) is 13.8. The van der Waals surface area contributed by atoms with Gasteiger partial charge in [-0.2, -0.15) is 13.2 Å². The molecule has 0 radical (unpaired) electrons. The summed E-state index contributed by atoms with van der Waals surface area (Å²) in [5.41, 5.74) is 2.22. The highest BCUT2D eigenvalue weighted by Gasteiger charge is 2.68. The number of hydrogen-bond acceptors (Lipinski definition) is 3. The molecule has 4 fully saturated rings. The van der Waals surface area contributed by atoms with Crippen molar-refractivity contribution in [3.05, 3.63) is 29.2 Å². The van der Waals surface area contributed by atoms with E-state index in [0.29, 0.717) is 30.6 Å². The summed E-state index contributed by atoms with van der Waals surface area (Å²) in [6.07, 6.45) is 10.5. The summed E-state index contributed by atoms with van der Waals surface area (Å²) in [6.45, 7) is 19.4. The van der Waals surface area contributed by atoms with E-state index in [4.69, 9.17) is 4.52 Å². The normalized spacial score (nSPS) is 40.4. The van der Waals surface area contributed by atoms with Crippen LogP contribution in [0.5, 0.6) is 0 Å². The molecular formula is C38H59F3N2O2. The van der Waals surface area contributed by atoms with Crippen molar-refractivity contribution in [3.8, 4) is 0 Å². The Morgan fingerprint density at radius 3 is 2.38 bits per heavy atom. The lowest BCUT2D eigenvalue weighted by Gasteiger charge is -2.69. The van der Waals surface area contributed by atoms with Crippen LogP contribution in [0.4, 0.5) is 13.2 Å². The molecule has 8 atom stereocenters. The van der Waals surface area contributed by atoms with Crippen molar-refractivity contribution in [1.82, 2.24) is 10.5 Å². The number of aromatic nitrogens is 1. The second kappa shape index (κ2) is 11.7. The fraction of sp³-hybridized carbons (Fsp3) is 0.842. The first-order valence-electron chi connectivity index (χ1n) is 18.0. The van der Waals surface area contributed by atoms with Gasteiger partial charge < -0.3 is 9.84 Å². The van der Waals surface area contributed by atoms with Crippen molar-refractivity contribution in [3.63, 3.8) is 0 Å². The lowest BCUT2D eigenvalue weighted by Crippen LogP contribution is -2.65. The topological polar surface area (TPSA) is 55.1 Å². The molecule has 6 rings (SSSR count). The molecule has 7 heteroatoms. The first-order chi connectivity index (χ1) is 21.0. The van der Waals surface area contributed by atoms with Crippen LogP contribution in [0.1, 0.15) is 138 Å². The van der Waals surface area contributed by atoms with Gasteiger partial charge in [0.25, 0.3) is 0 Å². The minimum absolute atomic E-state index is 0.0652. The molecule has 0 saturated heterocycles. The van der Waals surface area contributed by atoms with Crippen LogP contribution in [-0.4, -0.2) is 23.8 Å². The fourth-order valence-corrected chi connectivity index (χ4v) is 12.0. The van der Waals surface area contributed by atoms with Crippen molar-refractivity contribution in [2.45, 2.75) is 145 Å². The summed E-state index contributed by atoms with van der Waals surface area (Å²) in [5.74, 6) is 2.45. The van der Waals surface area contributed by atoms with Crippen molar-refractivity contribution >= 4 is 5.91 Å². The molecule has 0 spiro atoms. The minimum Gasteiger partial charge on any atom is -0.361 e. The average molecular weight is 633 g/mol. The highest BCUT2D eigenvalue weighted by atomic mass is 19.4. The Labute approximate surface area is 270 Å². The number of carbonyl (C=O) groups is 1. The number of nitrogens with zero attached hydrogens (tertiary/aromatic N) is 1. The third-order valence-electron chi connectivity index (χ3n) is 13.8. The van der Waals surface area contributed by atoms with E-state index in [1.165, 1.54) is 11.1 Å². The summed E-state index contributed by atoms with van der Waals surface area (Å²) in [7, 11) is 0. The maximum Gasteiger partial charge on any atom is 0.405 e. The molecule has 1 aromatic rings. The summed E-state index contributed by atoms with van der Waals surface area (Å²) in [5, 5.41) is 6.64. The zero-order valence-corrected chi connectivity index (χ0v) is 29.4. The highest BCUT2D eigenvalue weighted by Crippen LogP contribution is 2.73. The van der Waals surface area contributed by atoms with Gasteiger partial charge in [0.1, 0.15) is 12.3 Å². The standard InChI is InChI=1S/C36H53F3N2O2.C2H6/c1-8-9-10-22-17-27-33(6,13-12-26-32(4,5)29-23(20-41-43-29)18-34(26,27)7)24-11-14-35(30(42)40-21-36(37,38)39)16-15-31(2,3)19-25(35)28(22)24;1-2/h10,20,24-28H,8-9,11-19,21H2,1-7H3,(H,40,42);1-2H3/b22-10+;. The van der Waals surface area contributed by atoms with Crippen LogP contribution in [0.15, 0.2) is 22.4 Å². The Morgan fingerprint density at radius 1 is 1.00 bits per heavy atom. The average Bonchev–Trinajstić information content (AvgIpc) is 3.44. The maximum absolute atomic E-state index is 13.9. The van der Waals surface area contributed by atoms with Gasteiger partial charge in [-0.25, -0.2) is 0 Å². The first kappa shape index (κ1) is 34.5. The van der Waals surface area contributed by atoms with Crippen molar-refractivity contribution in [1.29, 1.82) is 0 Å². The molecule has 254 valence electrons. The van der Waals surface area contributed by atoms with E-state index in [2.05, 4.69) is 65.0 Å². The molecule has 4 saturated carbocycles. The zero-order valence-electron chi connectivity index (χ0n) is 29.4. The number of fused-ring (bicyclic) bond motifs is 8. The minimum atomic E-state index is -4.41. The van der Waals surface area contributed by atoms with Gasteiger partial charge in [-0.15, -0.1) is 0 Å². The van der Waals surface area contributed by atoms with E-state index >= 15 is 0 Å². The zero-order chi connectivity index (χ0) is 33.2. The molecule has 0 aliphatic heterocycles. The van der Waals surface area contributed by atoms with Gasteiger partial charge in [0.15, 0.2) is 0 Å². The monoisotopic (exact) mass is 632 g/mol. The highest BCUT2D eigenvalue weighted by molar-refractivity contribution is 5.83. The number of rotatable bonds is 4. The largest absolute Gasteiger partial charge is 0.405 e. The quantitative estimate of drug-likeness (QED) is 0.336. The molecule has 5 aliphatic carbocycles. The molecule has 0 bridgehead atoms. The van der Waals surface area contributed by atoms with Gasteiger partial charge in [0, 0.05) is 11.0 Å². The number of allylic oxidation sites excluding steroid dienone is 2. The van der Waals surface area contributed by atoms with Crippen molar-refractivity contribution in [2.75, 3.05) is 6.54 Å². The number of nitrogens with one attached hydrogen (secondary N) is 1. The van der Waals surface area contributed by atoms with E-state index in [0.717, 1.165) is 63.5 Å². The summed E-state index contributed by atoms with van der Waals surface area (Å²) >= 11 is 0. The van der Waals surface area contributed by atoms with Crippen LogP contribution < -0.4 is 5.32 Å². The Bertz CT molecular complexity index is 1280. The van der Waals surface area contributed by atoms with Gasteiger partial charge in [-0.1, -0.05) is 85.5 Å². The maximum atomic E-state index is 13.9. The molecule has 0 aromatic carbocycles. The number of alkyl halides is 3. The van der Waals surface area contributed by atoms with Gasteiger partial charge in [0.05, 0.1) is 11.6 Å². The lowest BCUT2D eigenvalue weighted by molar-refractivity contribution is -0.184. The van der Waals surface area contributed by atoms with Gasteiger partial charge in [-0.3, -0.25) is 4.79 Å². The van der Waals surface area contributed by atoms with Gasteiger partial charge >= 0.3 is 6.18 Å². The summed E-state index contributed by atoms with van der Waals surface area (Å²) < 4.78 is 45.8. The number of amides is 1. The van der Waals surface area contributed by atoms with Crippen molar-refractivity contribution < 1.29 is 22.5 Å². The van der Waals surface area contributed by atoms with Crippen LogP contribution in [-0.2, 0) is 16.6 Å². The van der Waals surface area contributed by atoms with E-state index in [1.807, 2.05) is 20.0 Å². The second-order valence-electron chi connectivity index (χ2n) is 17.1. The molecule has 45 heavy (non-hydrogen) atoms. The molecule has 1 amide bonds. The number of unbranched alkanes of at least 4 members (excludes halogenated alkanes) is 1.